The van der Waals surface area contributed by atoms with E-state index in [-0.39, 0.29) is 12.0 Å². The molecule has 5 heteroatoms. The molecule has 1 aliphatic carbocycles. The molecule has 1 aromatic rings. The van der Waals surface area contributed by atoms with Gasteiger partial charge in [0.1, 0.15) is 17.5 Å². The molecule has 0 saturated heterocycles. The summed E-state index contributed by atoms with van der Waals surface area (Å²) in [5.41, 5.74) is 1.06. The Balaban J connectivity index is 2.13. The van der Waals surface area contributed by atoms with Crippen molar-refractivity contribution in [2.45, 2.75) is 39.5 Å². The summed E-state index contributed by atoms with van der Waals surface area (Å²) < 4.78 is 0. The maximum atomic E-state index is 9.63. The molecule has 0 amide bonds. The number of hydrogen-bond acceptors (Lipinski definition) is 5. The van der Waals surface area contributed by atoms with Crippen LogP contribution < -0.4 is 10.6 Å². The smallest absolute Gasteiger partial charge is 0.134 e. The molecular formula is C14H24N4O. The van der Waals surface area contributed by atoms with Gasteiger partial charge in [-0.25, -0.2) is 9.97 Å². The molecule has 1 heterocycles. The van der Waals surface area contributed by atoms with E-state index in [0.29, 0.717) is 0 Å². The molecular weight excluding hydrogens is 240 g/mol. The van der Waals surface area contributed by atoms with Crippen LogP contribution in [0.3, 0.4) is 0 Å². The summed E-state index contributed by atoms with van der Waals surface area (Å²) >= 11 is 0. The molecule has 1 fully saturated rings. The van der Waals surface area contributed by atoms with Gasteiger partial charge in [0.2, 0.25) is 0 Å². The van der Waals surface area contributed by atoms with Crippen LogP contribution in [0, 0.1) is 19.3 Å². The lowest BCUT2D eigenvalue weighted by Crippen LogP contribution is -2.31. The van der Waals surface area contributed by atoms with Crippen LogP contribution in [0.15, 0.2) is 0 Å². The number of nitrogens with one attached hydrogen (secondary N) is 2. The summed E-state index contributed by atoms with van der Waals surface area (Å²) in [5, 5.41) is 16.1. The van der Waals surface area contributed by atoms with Gasteiger partial charge in [-0.3, -0.25) is 0 Å². The van der Waals surface area contributed by atoms with E-state index in [1.807, 2.05) is 20.9 Å². The van der Waals surface area contributed by atoms with Crippen LogP contribution in [0.4, 0.5) is 11.6 Å². The zero-order valence-electron chi connectivity index (χ0n) is 12.1. The molecule has 3 N–H and O–H groups in total. The van der Waals surface area contributed by atoms with E-state index < -0.39 is 0 Å². The molecule has 1 saturated carbocycles. The van der Waals surface area contributed by atoms with Crippen LogP contribution in [0.1, 0.15) is 37.1 Å². The average Bonchev–Trinajstić information content (AvgIpc) is 2.89. The molecule has 0 aromatic carbocycles. The van der Waals surface area contributed by atoms with Gasteiger partial charge >= 0.3 is 0 Å². The molecule has 0 spiro atoms. The van der Waals surface area contributed by atoms with Gasteiger partial charge < -0.3 is 15.7 Å². The van der Waals surface area contributed by atoms with E-state index in [1.54, 1.807) is 0 Å². The first-order valence-electron chi connectivity index (χ1n) is 6.98. The van der Waals surface area contributed by atoms with Crippen molar-refractivity contribution in [1.82, 2.24) is 9.97 Å². The summed E-state index contributed by atoms with van der Waals surface area (Å²) in [5.74, 6) is 2.48. The van der Waals surface area contributed by atoms with E-state index >= 15 is 0 Å². The first-order valence-corrected chi connectivity index (χ1v) is 6.98. The summed E-state index contributed by atoms with van der Waals surface area (Å²) in [6.45, 7) is 4.93. The third kappa shape index (κ3) is 2.97. The molecule has 0 aliphatic heterocycles. The second-order valence-corrected chi connectivity index (χ2v) is 5.56. The first kappa shape index (κ1) is 14.1. The fraction of sp³-hybridized carbons (Fsp3) is 0.714. The van der Waals surface area contributed by atoms with Crippen LogP contribution in [0.2, 0.25) is 0 Å². The monoisotopic (exact) mass is 264 g/mol. The van der Waals surface area contributed by atoms with Gasteiger partial charge in [0, 0.05) is 24.6 Å². The Hall–Kier alpha value is -1.36. The van der Waals surface area contributed by atoms with Crippen molar-refractivity contribution in [3.63, 3.8) is 0 Å². The predicted octanol–water partition coefficient (Wildman–Crippen LogP) is 2.10. The van der Waals surface area contributed by atoms with Crippen molar-refractivity contribution in [2.24, 2.45) is 5.41 Å². The Morgan fingerprint density at radius 2 is 1.79 bits per heavy atom. The normalized spacial score (nSPS) is 17.5. The van der Waals surface area contributed by atoms with Crippen molar-refractivity contribution in [2.75, 3.05) is 30.8 Å². The van der Waals surface area contributed by atoms with Gasteiger partial charge in [-0.1, -0.05) is 12.8 Å². The van der Waals surface area contributed by atoms with Crippen LogP contribution in [0.5, 0.6) is 0 Å². The third-order valence-corrected chi connectivity index (χ3v) is 4.12. The summed E-state index contributed by atoms with van der Waals surface area (Å²) in [4.78, 5) is 8.82. The molecule has 0 atom stereocenters. The second-order valence-electron chi connectivity index (χ2n) is 5.56. The van der Waals surface area contributed by atoms with Crippen molar-refractivity contribution >= 4 is 11.6 Å². The zero-order chi connectivity index (χ0) is 13.9. The lowest BCUT2D eigenvalue weighted by atomic mass is 9.87. The number of anilines is 2. The van der Waals surface area contributed by atoms with E-state index in [4.69, 9.17) is 0 Å². The highest BCUT2D eigenvalue weighted by molar-refractivity contribution is 5.57. The number of nitrogens with zero attached hydrogens (tertiary/aromatic N) is 2. The van der Waals surface area contributed by atoms with Crippen LogP contribution in [-0.4, -0.2) is 35.3 Å². The first-order chi connectivity index (χ1) is 9.10. The minimum absolute atomic E-state index is 0.0328. The van der Waals surface area contributed by atoms with E-state index in [2.05, 4.69) is 20.6 Å². The predicted molar refractivity (Wildman–Crippen MR) is 77.5 cm³/mol. The summed E-state index contributed by atoms with van der Waals surface area (Å²) in [7, 11) is 1.87. The Kier molecular flexibility index (Phi) is 4.24. The molecule has 106 valence electrons. The highest BCUT2D eigenvalue weighted by Crippen LogP contribution is 2.37. The molecule has 0 unspecified atom stereocenters. The number of aromatic nitrogens is 2. The Morgan fingerprint density at radius 1 is 1.16 bits per heavy atom. The minimum atomic E-state index is 0.0328. The standard InChI is InChI=1S/C14H24N4O/c1-10-12(15-3)17-11(2)18-13(10)16-8-14(9-19)6-4-5-7-14/h19H,4-9H2,1-3H3,(H2,15,16,17,18). The Bertz CT molecular complexity index is 441. The lowest BCUT2D eigenvalue weighted by molar-refractivity contribution is 0.142. The fourth-order valence-electron chi connectivity index (χ4n) is 2.83. The van der Waals surface area contributed by atoms with Gasteiger partial charge in [-0.15, -0.1) is 0 Å². The number of rotatable bonds is 5. The van der Waals surface area contributed by atoms with Gasteiger partial charge in [-0.05, 0) is 26.7 Å². The topological polar surface area (TPSA) is 70.1 Å². The molecule has 0 bridgehead atoms. The molecule has 2 rings (SSSR count). The average molecular weight is 264 g/mol. The Labute approximate surface area is 114 Å². The fourth-order valence-corrected chi connectivity index (χ4v) is 2.83. The second kappa shape index (κ2) is 5.74. The largest absolute Gasteiger partial charge is 0.396 e. The highest BCUT2D eigenvalue weighted by atomic mass is 16.3. The van der Waals surface area contributed by atoms with Crippen molar-refractivity contribution in [3.05, 3.63) is 11.4 Å². The van der Waals surface area contributed by atoms with E-state index in [9.17, 15) is 5.11 Å². The molecule has 5 nitrogen and oxygen atoms in total. The van der Waals surface area contributed by atoms with Gasteiger partial charge in [-0.2, -0.15) is 0 Å². The number of hydrogen-bond donors (Lipinski definition) is 3. The number of aliphatic hydroxyl groups excluding tert-OH is 1. The molecule has 1 aromatic heterocycles. The summed E-state index contributed by atoms with van der Waals surface area (Å²) in [6.07, 6.45) is 4.62. The van der Waals surface area contributed by atoms with Gasteiger partial charge in [0.05, 0.1) is 6.61 Å². The zero-order valence-corrected chi connectivity index (χ0v) is 12.1. The third-order valence-electron chi connectivity index (χ3n) is 4.12. The quantitative estimate of drug-likeness (QED) is 0.760. The van der Waals surface area contributed by atoms with Crippen LogP contribution in [0.25, 0.3) is 0 Å². The maximum Gasteiger partial charge on any atom is 0.134 e. The van der Waals surface area contributed by atoms with Crippen molar-refractivity contribution < 1.29 is 5.11 Å². The number of aliphatic hydroxyl groups is 1. The molecule has 19 heavy (non-hydrogen) atoms. The Morgan fingerprint density at radius 3 is 2.37 bits per heavy atom. The highest BCUT2D eigenvalue weighted by Gasteiger charge is 2.33. The minimum Gasteiger partial charge on any atom is -0.396 e. The molecule has 1 aliphatic rings. The van der Waals surface area contributed by atoms with Gasteiger partial charge in [0.15, 0.2) is 0 Å². The lowest BCUT2D eigenvalue weighted by Gasteiger charge is -2.27. The maximum absolute atomic E-state index is 9.63. The van der Waals surface area contributed by atoms with Crippen molar-refractivity contribution in [3.8, 4) is 0 Å². The number of aryl methyl sites for hydroxylation is 1. The van der Waals surface area contributed by atoms with Crippen LogP contribution >= 0.6 is 0 Å². The van der Waals surface area contributed by atoms with Crippen LogP contribution in [-0.2, 0) is 0 Å². The van der Waals surface area contributed by atoms with Gasteiger partial charge in [0.25, 0.3) is 0 Å². The van der Waals surface area contributed by atoms with E-state index in [1.165, 1.54) is 12.8 Å². The SMILES string of the molecule is CNc1nc(C)nc(NCC2(CO)CCCC2)c1C. The summed E-state index contributed by atoms with van der Waals surface area (Å²) in [6, 6.07) is 0. The molecule has 0 radical (unpaired) electrons. The van der Waals surface area contributed by atoms with E-state index in [0.717, 1.165) is 42.4 Å². The van der Waals surface area contributed by atoms with Crippen molar-refractivity contribution in [1.29, 1.82) is 0 Å².